The molecule has 0 spiro atoms. The van der Waals surface area contributed by atoms with Gasteiger partial charge in [0, 0.05) is 12.5 Å². The maximum Gasteiger partial charge on any atom is 0.183 e. The first-order valence-electron chi connectivity index (χ1n) is 7.26. The van der Waals surface area contributed by atoms with Crippen LogP contribution in [0.1, 0.15) is 17.0 Å². The van der Waals surface area contributed by atoms with Crippen LogP contribution in [-0.4, -0.2) is 25.8 Å². The number of sulfone groups is 1. The Balaban J connectivity index is 2.02. The van der Waals surface area contributed by atoms with E-state index in [-0.39, 0.29) is 12.5 Å². The highest BCUT2D eigenvalue weighted by atomic mass is 32.2. The van der Waals surface area contributed by atoms with E-state index in [1.54, 1.807) is 30.3 Å². The number of aryl methyl sites for hydroxylation is 1. The van der Waals surface area contributed by atoms with Crippen LogP contribution in [0.25, 0.3) is 0 Å². The van der Waals surface area contributed by atoms with Gasteiger partial charge in [0.15, 0.2) is 9.84 Å². The SMILES string of the molecule is Cc1ccc([C@@H]2[C@H](S(=O)(=O)c3ccccc3)[C@]2(N)CN)cc1. The lowest BCUT2D eigenvalue weighted by Crippen LogP contribution is -2.39. The standard InChI is InChI=1S/C17H20N2O2S/c1-12-7-9-13(10-8-12)15-16(17(15,19)11-18)22(20,21)14-5-3-2-4-6-14/h2-10,15-16H,11,18-19H2,1H3/t15-,16+,17+/m1/s1. The van der Waals surface area contributed by atoms with E-state index < -0.39 is 20.6 Å². The van der Waals surface area contributed by atoms with Gasteiger partial charge in [-0.3, -0.25) is 0 Å². The molecule has 0 unspecified atom stereocenters. The van der Waals surface area contributed by atoms with Gasteiger partial charge in [0.25, 0.3) is 0 Å². The third kappa shape index (κ3) is 2.26. The fourth-order valence-electron chi connectivity index (χ4n) is 3.15. The summed E-state index contributed by atoms with van der Waals surface area (Å²) in [5.41, 5.74) is 13.3. The normalized spacial score (nSPS) is 27.6. The maximum atomic E-state index is 12.9. The molecular formula is C17H20N2O2S. The molecule has 116 valence electrons. The van der Waals surface area contributed by atoms with Crippen molar-refractivity contribution in [3.63, 3.8) is 0 Å². The van der Waals surface area contributed by atoms with Crippen LogP contribution in [0.15, 0.2) is 59.5 Å². The van der Waals surface area contributed by atoms with Crippen LogP contribution in [0, 0.1) is 6.92 Å². The summed E-state index contributed by atoms with van der Waals surface area (Å²) >= 11 is 0. The lowest BCUT2D eigenvalue weighted by Gasteiger charge is -2.09. The second-order valence-corrected chi connectivity index (χ2v) is 8.05. The average molecular weight is 316 g/mol. The summed E-state index contributed by atoms with van der Waals surface area (Å²) in [6.07, 6.45) is 0. The minimum absolute atomic E-state index is 0.141. The first kappa shape index (κ1) is 15.2. The third-order valence-electron chi connectivity index (χ3n) is 4.50. The Bertz CT molecular complexity index is 772. The number of nitrogens with two attached hydrogens (primary N) is 2. The summed E-state index contributed by atoms with van der Waals surface area (Å²) in [7, 11) is -3.50. The van der Waals surface area contributed by atoms with Crippen molar-refractivity contribution < 1.29 is 8.42 Å². The molecule has 2 aromatic rings. The largest absolute Gasteiger partial charge is 0.329 e. The fraction of sp³-hybridized carbons (Fsp3) is 0.294. The van der Waals surface area contributed by atoms with Crippen molar-refractivity contribution in [3.8, 4) is 0 Å². The molecule has 4 N–H and O–H groups in total. The van der Waals surface area contributed by atoms with Crippen LogP contribution < -0.4 is 11.5 Å². The van der Waals surface area contributed by atoms with Crippen LogP contribution >= 0.6 is 0 Å². The van der Waals surface area contributed by atoms with Gasteiger partial charge in [0.1, 0.15) is 0 Å². The molecule has 5 heteroatoms. The number of rotatable bonds is 4. The Morgan fingerprint density at radius 2 is 1.64 bits per heavy atom. The molecular weight excluding hydrogens is 296 g/mol. The first-order valence-corrected chi connectivity index (χ1v) is 8.80. The predicted octanol–water partition coefficient (Wildman–Crippen LogP) is 1.59. The highest BCUT2D eigenvalue weighted by molar-refractivity contribution is 7.92. The average Bonchev–Trinajstić information content (AvgIpc) is 3.17. The summed E-state index contributed by atoms with van der Waals surface area (Å²) in [6.45, 7) is 2.13. The summed E-state index contributed by atoms with van der Waals surface area (Å²) in [5.74, 6) is -0.261. The highest BCUT2D eigenvalue weighted by Crippen LogP contribution is 2.55. The smallest absolute Gasteiger partial charge is 0.183 e. The molecule has 0 heterocycles. The van der Waals surface area contributed by atoms with Gasteiger partial charge in [-0.15, -0.1) is 0 Å². The van der Waals surface area contributed by atoms with Gasteiger partial charge in [-0.25, -0.2) is 8.42 Å². The lowest BCUT2D eigenvalue weighted by atomic mass is 10.1. The molecule has 0 amide bonds. The number of benzene rings is 2. The Morgan fingerprint density at radius 1 is 1.05 bits per heavy atom. The molecule has 1 saturated carbocycles. The molecule has 4 nitrogen and oxygen atoms in total. The van der Waals surface area contributed by atoms with Crippen LogP contribution in [0.3, 0.4) is 0 Å². The van der Waals surface area contributed by atoms with Gasteiger partial charge in [-0.05, 0) is 24.6 Å². The van der Waals surface area contributed by atoms with Gasteiger partial charge in [-0.1, -0.05) is 48.0 Å². The van der Waals surface area contributed by atoms with Gasteiger partial charge in [0.05, 0.1) is 15.7 Å². The second-order valence-electron chi connectivity index (χ2n) is 5.98. The molecule has 0 aliphatic heterocycles. The quantitative estimate of drug-likeness (QED) is 0.897. The van der Waals surface area contributed by atoms with Crippen LogP contribution in [0.2, 0.25) is 0 Å². The minimum Gasteiger partial charge on any atom is -0.329 e. The summed E-state index contributed by atoms with van der Waals surface area (Å²) in [4.78, 5) is 0.304. The molecule has 1 aliphatic carbocycles. The van der Waals surface area contributed by atoms with Crippen LogP contribution in [0.4, 0.5) is 0 Å². The third-order valence-corrected chi connectivity index (χ3v) is 6.81. The van der Waals surface area contributed by atoms with Gasteiger partial charge in [0.2, 0.25) is 0 Å². The van der Waals surface area contributed by atoms with Gasteiger partial charge < -0.3 is 11.5 Å². The molecule has 1 aliphatic rings. The maximum absolute atomic E-state index is 12.9. The molecule has 3 atom stereocenters. The van der Waals surface area contributed by atoms with E-state index >= 15 is 0 Å². The Kier molecular flexibility index (Phi) is 3.59. The number of hydrogen-bond acceptors (Lipinski definition) is 4. The van der Waals surface area contributed by atoms with E-state index in [9.17, 15) is 8.42 Å². The van der Waals surface area contributed by atoms with E-state index in [1.165, 1.54) is 0 Å². The van der Waals surface area contributed by atoms with E-state index in [2.05, 4.69) is 0 Å². The molecule has 0 radical (unpaired) electrons. The molecule has 22 heavy (non-hydrogen) atoms. The fourth-order valence-corrected chi connectivity index (χ4v) is 5.49. The van der Waals surface area contributed by atoms with Crippen molar-refractivity contribution in [3.05, 3.63) is 65.7 Å². The van der Waals surface area contributed by atoms with Crippen molar-refractivity contribution in [2.45, 2.75) is 28.5 Å². The van der Waals surface area contributed by atoms with Crippen LogP contribution in [0.5, 0.6) is 0 Å². The van der Waals surface area contributed by atoms with Crippen molar-refractivity contribution in [2.75, 3.05) is 6.54 Å². The van der Waals surface area contributed by atoms with E-state index in [4.69, 9.17) is 11.5 Å². The molecule has 0 saturated heterocycles. The van der Waals surface area contributed by atoms with Crippen molar-refractivity contribution >= 4 is 9.84 Å². The summed E-state index contributed by atoms with van der Waals surface area (Å²) < 4.78 is 25.8. The highest BCUT2D eigenvalue weighted by Gasteiger charge is 2.68. The van der Waals surface area contributed by atoms with E-state index in [0.29, 0.717) is 4.90 Å². The van der Waals surface area contributed by atoms with Gasteiger partial charge in [-0.2, -0.15) is 0 Å². The van der Waals surface area contributed by atoms with Gasteiger partial charge >= 0.3 is 0 Å². The summed E-state index contributed by atoms with van der Waals surface area (Å²) in [6, 6.07) is 16.3. The van der Waals surface area contributed by atoms with E-state index in [1.807, 2.05) is 31.2 Å². The molecule has 0 aromatic heterocycles. The summed E-state index contributed by atoms with van der Waals surface area (Å²) in [5, 5.41) is -0.671. The lowest BCUT2D eigenvalue weighted by molar-refractivity contribution is 0.586. The Labute approximate surface area is 131 Å². The van der Waals surface area contributed by atoms with Crippen molar-refractivity contribution in [1.29, 1.82) is 0 Å². The zero-order valence-corrected chi connectivity index (χ0v) is 13.3. The van der Waals surface area contributed by atoms with Crippen molar-refractivity contribution in [2.24, 2.45) is 11.5 Å². The zero-order valence-electron chi connectivity index (χ0n) is 12.4. The molecule has 1 fully saturated rings. The van der Waals surface area contributed by atoms with Crippen molar-refractivity contribution in [1.82, 2.24) is 0 Å². The Hall–Kier alpha value is -1.69. The first-order chi connectivity index (χ1) is 10.4. The predicted molar refractivity (Wildman–Crippen MR) is 87.3 cm³/mol. The molecule has 0 bridgehead atoms. The second kappa shape index (κ2) is 5.19. The monoisotopic (exact) mass is 316 g/mol. The topological polar surface area (TPSA) is 86.2 Å². The van der Waals surface area contributed by atoms with Crippen LogP contribution in [-0.2, 0) is 9.84 Å². The number of hydrogen-bond donors (Lipinski definition) is 2. The molecule has 2 aromatic carbocycles. The zero-order chi connectivity index (χ0) is 16.0. The van der Waals surface area contributed by atoms with E-state index in [0.717, 1.165) is 11.1 Å². The molecule has 3 rings (SSSR count). The Morgan fingerprint density at radius 3 is 2.18 bits per heavy atom. The minimum atomic E-state index is -3.50.